The van der Waals surface area contributed by atoms with Gasteiger partial charge in [0.2, 0.25) is 0 Å². The predicted molar refractivity (Wildman–Crippen MR) is 180 cm³/mol. The van der Waals surface area contributed by atoms with E-state index in [0.29, 0.717) is 5.56 Å². The molecule has 2 unspecified atom stereocenters. The minimum absolute atomic E-state index is 0.105. The van der Waals surface area contributed by atoms with E-state index in [-0.39, 0.29) is 42.8 Å². The van der Waals surface area contributed by atoms with Gasteiger partial charge in [-0.1, -0.05) is 62.4 Å². The second-order valence-corrected chi connectivity index (χ2v) is 14.9. The Morgan fingerprint density at radius 2 is 1.54 bits per heavy atom. The van der Waals surface area contributed by atoms with Crippen molar-refractivity contribution in [3.05, 3.63) is 82.9 Å². The fourth-order valence-electron chi connectivity index (χ4n) is 8.92. The van der Waals surface area contributed by atoms with Crippen LogP contribution in [-0.2, 0) is 49.4 Å². The van der Waals surface area contributed by atoms with Gasteiger partial charge in [0.05, 0.1) is 29.6 Å². The van der Waals surface area contributed by atoms with Crippen molar-refractivity contribution in [2.45, 2.75) is 103 Å². The molecule has 0 spiro atoms. The van der Waals surface area contributed by atoms with E-state index in [9.17, 15) is 29.4 Å². The van der Waals surface area contributed by atoms with Crippen LogP contribution in [0.5, 0.6) is 0 Å². The zero-order valence-corrected chi connectivity index (χ0v) is 30.0. The first-order chi connectivity index (χ1) is 24.5. The van der Waals surface area contributed by atoms with Gasteiger partial charge in [-0.3, -0.25) is 14.4 Å². The summed E-state index contributed by atoms with van der Waals surface area (Å²) >= 11 is 0. The molecule has 1 saturated heterocycles. The van der Waals surface area contributed by atoms with E-state index in [0.717, 1.165) is 6.92 Å². The maximum atomic E-state index is 15.5. The van der Waals surface area contributed by atoms with E-state index in [1.54, 1.807) is 69.3 Å². The molecule has 6 rings (SSSR count). The molecule has 1 aliphatic heterocycles. The number of aliphatic hydroxyl groups excluding tert-OH is 1. The van der Waals surface area contributed by atoms with Gasteiger partial charge in [-0.2, -0.15) is 0 Å². The highest BCUT2D eigenvalue weighted by Crippen LogP contribution is 2.64. The molecule has 2 N–H and O–H groups in total. The molecule has 2 bridgehead atoms. The van der Waals surface area contributed by atoms with Gasteiger partial charge in [0, 0.05) is 32.1 Å². The molecule has 4 aliphatic rings. The summed E-state index contributed by atoms with van der Waals surface area (Å²) in [6.45, 7) is 8.13. The van der Waals surface area contributed by atoms with Crippen molar-refractivity contribution in [1.29, 1.82) is 0 Å². The van der Waals surface area contributed by atoms with Crippen LogP contribution in [0.3, 0.4) is 0 Å². The van der Waals surface area contributed by atoms with Gasteiger partial charge in [-0.15, -0.1) is 0 Å². The fraction of sp³-hybridized carbons (Fsp3) is 0.513. The Hall–Kier alpha value is -4.59. The Morgan fingerprint density at radius 3 is 2.12 bits per heavy atom. The second kappa shape index (κ2) is 13.4. The van der Waals surface area contributed by atoms with Crippen molar-refractivity contribution >= 4 is 29.8 Å². The third-order valence-corrected chi connectivity index (χ3v) is 11.6. The van der Waals surface area contributed by atoms with Gasteiger partial charge in [0.25, 0.3) is 0 Å². The standard InChI is InChI=1S/C39H44O13/c1-21-26(42)18-39(46)33(51-34(44)25-15-11-8-12-16-25)31-37(6,32(43)30(49-22(2)40)29(21)36(39,4)5)27(17-28-38(31,20-48-28)52-23(3)41)50-35(45)47-19-24-13-9-7-10-14-24/h7-16,26-28,30-31,33,42,46H,17-20H2,1-6H3/t26-,27-,28+,30+,31?,33?,37+,38-,39+/m0/s1. The van der Waals surface area contributed by atoms with Crippen molar-refractivity contribution in [3.8, 4) is 0 Å². The molecule has 0 aromatic heterocycles. The number of hydrogen-bond donors (Lipinski definition) is 2. The Balaban J connectivity index is 1.58. The number of benzene rings is 2. The van der Waals surface area contributed by atoms with Crippen LogP contribution in [0.1, 0.15) is 70.3 Å². The Labute approximate surface area is 301 Å². The molecule has 278 valence electrons. The molecule has 52 heavy (non-hydrogen) atoms. The van der Waals surface area contributed by atoms with E-state index in [4.69, 9.17) is 28.4 Å². The largest absolute Gasteiger partial charge is 0.508 e. The smallest absolute Gasteiger partial charge is 0.455 e. The molecule has 3 aliphatic carbocycles. The summed E-state index contributed by atoms with van der Waals surface area (Å²) in [5, 5.41) is 24.7. The van der Waals surface area contributed by atoms with Gasteiger partial charge < -0.3 is 38.6 Å². The summed E-state index contributed by atoms with van der Waals surface area (Å²) < 4.78 is 35.6. The lowest BCUT2D eigenvalue weighted by Crippen LogP contribution is -2.82. The molecule has 9 atom stereocenters. The van der Waals surface area contributed by atoms with Gasteiger partial charge >= 0.3 is 24.1 Å². The van der Waals surface area contributed by atoms with E-state index in [1.165, 1.54) is 26.0 Å². The number of esters is 3. The van der Waals surface area contributed by atoms with E-state index in [1.807, 2.05) is 0 Å². The van der Waals surface area contributed by atoms with Crippen LogP contribution in [0.4, 0.5) is 4.79 Å². The maximum Gasteiger partial charge on any atom is 0.508 e. The topological polar surface area (TPSA) is 181 Å². The summed E-state index contributed by atoms with van der Waals surface area (Å²) in [6, 6.07) is 16.8. The summed E-state index contributed by atoms with van der Waals surface area (Å²) in [7, 11) is 0. The minimum atomic E-state index is -2.21. The number of fused-ring (bicyclic) bond motifs is 5. The Morgan fingerprint density at radius 1 is 0.904 bits per heavy atom. The fourth-order valence-corrected chi connectivity index (χ4v) is 8.92. The van der Waals surface area contributed by atoms with Gasteiger partial charge in [-0.25, -0.2) is 9.59 Å². The maximum absolute atomic E-state index is 15.5. The Bertz CT molecular complexity index is 1790. The number of ether oxygens (including phenoxy) is 6. The number of aliphatic hydroxyl groups is 2. The normalized spacial score (nSPS) is 34.6. The lowest BCUT2D eigenvalue weighted by molar-refractivity contribution is -0.346. The zero-order valence-electron chi connectivity index (χ0n) is 30.0. The monoisotopic (exact) mass is 720 g/mol. The lowest BCUT2D eigenvalue weighted by Gasteiger charge is -2.67. The van der Waals surface area contributed by atoms with Crippen molar-refractivity contribution in [1.82, 2.24) is 0 Å². The van der Waals surface area contributed by atoms with Crippen LogP contribution in [-0.4, -0.2) is 88.4 Å². The minimum Gasteiger partial charge on any atom is -0.455 e. The third-order valence-electron chi connectivity index (χ3n) is 11.6. The highest BCUT2D eigenvalue weighted by molar-refractivity contribution is 5.95. The third kappa shape index (κ3) is 5.88. The van der Waals surface area contributed by atoms with E-state index < -0.39 is 88.3 Å². The lowest BCUT2D eigenvalue weighted by atomic mass is 9.44. The van der Waals surface area contributed by atoms with Crippen molar-refractivity contribution in [2.24, 2.45) is 16.7 Å². The SMILES string of the molecule is CC(=O)O[C@H]1C(=O)[C@@]2(C)C(C(OC(=O)c3ccccc3)[C@]3(O)C[C@H](O)C(C)=C1C3(C)C)[C@]1(OC(C)=O)CO[C@@H]1C[C@@H]2OC(=O)OCc1ccccc1. The summed E-state index contributed by atoms with van der Waals surface area (Å²) in [5.41, 5.74) is -6.27. The van der Waals surface area contributed by atoms with Crippen LogP contribution in [0.25, 0.3) is 0 Å². The summed E-state index contributed by atoms with van der Waals surface area (Å²) in [5.74, 6) is -4.73. The van der Waals surface area contributed by atoms with Crippen LogP contribution >= 0.6 is 0 Å². The number of rotatable bonds is 7. The highest BCUT2D eigenvalue weighted by atomic mass is 16.7. The molecular formula is C39H44O13. The quantitative estimate of drug-likeness (QED) is 0.238. The van der Waals surface area contributed by atoms with Gasteiger partial charge in [0.1, 0.15) is 30.5 Å². The van der Waals surface area contributed by atoms with Gasteiger partial charge in [0.15, 0.2) is 17.5 Å². The number of Topliss-reactive ketones (excluding diaryl/α,β-unsaturated/α-hetero) is 1. The number of carbonyl (C=O) groups excluding carboxylic acids is 5. The molecule has 13 nitrogen and oxygen atoms in total. The number of ketones is 1. The highest BCUT2D eigenvalue weighted by Gasteiger charge is 2.79. The average Bonchev–Trinajstić information content (AvgIpc) is 3.09. The average molecular weight is 721 g/mol. The van der Waals surface area contributed by atoms with Gasteiger partial charge in [-0.05, 0) is 42.7 Å². The summed E-state index contributed by atoms with van der Waals surface area (Å²) in [6.07, 6.45) is -8.89. The molecular weight excluding hydrogens is 676 g/mol. The zero-order chi connectivity index (χ0) is 37.8. The summed E-state index contributed by atoms with van der Waals surface area (Å²) in [4.78, 5) is 68.6. The molecule has 2 aromatic carbocycles. The Kier molecular flexibility index (Phi) is 9.60. The van der Waals surface area contributed by atoms with E-state index in [2.05, 4.69) is 0 Å². The first kappa shape index (κ1) is 37.2. The predicted octanol–water partition coefficient (Wildman–Crippen LogP) is 4.01. The van der Waals surface area contributed by atoms with Crippen LogP contribution in [0.15, 0.2) is 71.8 Å². The molecule has 0 amide bonds. The van der Waals surface area contributed by atoms with Crippen LogP contribution in [0, 0.1) is 16.7 Å². The first-order valence-corrected chi connectivity index (χ1v) is 17.2. The molecule has 0 radical (unpaired) electrons. The second-order valence-electron chi connectivity index (χ2n) is 14.9. The first-order valence-electron chi connectivity index (χ1n) is 17.2. The van der Waals surface area contributed by atoms with Crippen molar-refractivity contribution < 1.29 is 62.6 Å². The van der Waals surface area contributed by atoms with Crippen molar-refractivity contribution in [3.63, 3.8) is 0 Å². The molecule has 13 heteroatoms. The van der Waals surface area contributed by atoms with Crippen LogP contribution < -0.4 is 0 Å². The molecule has 1 heterocycles. The molecule has 3 fully saturated rings. The number of carbonyl (C=O) groups is 5. The van der Waals surface area contributed by atoms with Crippen LogP contribution in [0.2, 0.25) is 0 Å². The number of hydrogen-bond acceptors (Lipinski definition) is 13. The van der Waals surface area contributed by atoms with E-state index >= 15 is 4.79 Å². The molecule has 2 saturated carbocycles. The molecule has 2 aromatic rings. The van der Waals surface area contributed by atoms with Crippen molar-refractivity contribution in [2.75, 3.05) is 6.61 Å².